The number of aryl methyl sites for hydroxylation is 1. The van der Waals surface area contributed by atoms with Gasteiger partial charge in [-0.05, 0) is 66.1 Å². The topological polar surface area (TPSA) is 77.9 Å². The Kier molecular flexibility index (Phi) is 9.12. The van der Waals surface area contributed by atoms with E-state index >= 15 is 0 Å². The summed E-state index contributed by atoms with van der Waals surface area (Å²) in [6.07, 6.45) is 2.13. The van der Waals surface area contributed by atoms with Crippen LogP contribution in [-0.2, 0) is 24.2 Å². The third-order valence-electron chi connectivity index (χ3n) is 8.08. The molecule has 1 atom stereocenters. The largest absolute Gasteiger partial charge is 0.481 e. The molecule has 0 aliphatic carbocycles. The number of aliphatic carboxylic acids is 1. The monoisotopic (exact) mass is 560 g/mol. The van der Waals surface area contributed by atoms with Crippen LogP contribution in [0.25, 0.3) is 11.1 Å². The van der Waals surface area contributed by atoms with Gasteiger partial charge in [-0.15, -0.1) is 0 Å². The Morgan fingerprint density at radius 1 is 0.786 bits per heavy atom. The number of carboxylic acids is 1. The summed E-state index contributed by atoms with van der Waals surface area (Å²) in [6, 6.07) is 32.9. The number of carbonyl (C=O) groups excluding carboxylic acids is 2. The second-order valence-corrected chi connectivity index (χ2v) is 10.9. The zero-order valence-electron chi connectivity index (χ0n) is 23.9. The van der Waals surface area contributed by atoms with Crippen molar-refractivity contribution < 1.29 is 19.5 Å². The molecular formula is C36H36N2O4. The number of carbonyl (C=O) groups is 3. The Labute approximate surface area is 247 Å². The van der Waals surface area contributed by atoms with E-state index in [1.54, 1.807) is 11.0 Å². The molecule has 1 unspecified atom stereocenters. The maximum Gasteiger partial charge on any atom is 0.305 e. The number of hydrogen-bond donors (Lipinski definition) is 1. The van der Waals surface area contributed by atoms with Crippen LogP contribution < -0.4 is 0 Å². The van der Waals surface area contributed by atoms with Gasteiger partial charge >= 0.3 is 5.97 Å². The molecule has 214 valence electrons. The van der Waals surface area contributed by atoms with E-state index in [2.05, 4.69) is 24.3 Å². The van der Waals surface area contributed by atoms with Gasteiger partial charge in [-0.1, -0.05) is 91.0 Å². The molecule has 0 aromatic heterocycles. The molecule has 1 heterocycles. The lowest BCUT2D eigenvalue weighted by Gasteiger charge is -2.31. The van der Waals surface area contributed by atoms with Crippen molar-refractivity contribution in [2.75, 3.05) is 13.1 Å². The number of rotatable bonds is 10. The summed E-state index contributed by atoms with van der Waals surface area (Å²) in [5.74, 6) is -1.25. The molecule has 0 radical (unpaired) electrons. The number of benzene rings is 4. The van der Waals surface area contributed by atoms with Crippen molar-refractivity contribution in [3.8, 4) is 11.1 Å². The molecular weight excluding hydrogens is 524 g/mol. The zero-order valence-corrected chi connectivity index (χ0v) is 23.9. The predicted molar refractivity (Wildman–Crippen MR) is 164 cm³/mol. The van der Waals surface area contributed by atoms with Crippen molar-refractivity contribution in [1.82, 2.24) is 9.80 Å². The Morgan fingerprint density at radius 2 is 1.38 bits per heavy atom. The number of amides is 2. The van der Waals surface area contributed by atoms with Gasteiger partial charge in [0, 0.05) is 36.8 Å². The van der Waals surface area contributed by atoms with E-state index < -0.39 is 5.97 Å². The summed E-state index contributed by atoms with van der Waals surface area (Å²) in [5.41, 5.74) is 5.96. The van der Waals surface area contributed by atoms with Gasteiger partial charge < -0.3 is 14.9 Å². The first kappa shape index (κ1) is 28.8. The molecule has 42 heavy (non-hydrogen) atoms. The van der Waals surface area contributed by atoms with Gasteiger partial charge in [0.05, 0.1) is 6.42 Å². The first-order valence-electron chi connectivity index (χ1n) is 14.5. The SMILES string of the molecule is CC(CCc1ccccc1)N(CCC(=O)O)C(=O)c1ccccc1-c1ccccc1C(=O)N1CCc2ccccc2C1. The minimum atomic E-state index is -0.949. The summed E-state index contributed by atoms with van der Waals surface area (Å²) in [7, 11) is 0. The number of hydrogen-bond acceptors (Lipinski definition) is 3. The molecule has 0 spiro atoms. The molecule has 0 saturated carbocycles. The highest BCUT2D eigenvalue weighted by molar-refractivity contribution is 6.06. The van der Waals surface area contributed by atoms with Crippen molar-refractivity contribution in [3.63, 3.8) is 0 Å². The second kappa shape index (κ2) is 13.3. The lowest BCUT2D eigenvalue weighted by molar-refractivity contribution is -0.137. The molecule has 1 N–H and O–H groups in total. The first-order chi connectivity index (χ1) is 20.4. The van der Waals surface area contributed by atoms with Gasteiger partial charge in [-0.25, -0.2) is 0 Å². The number of nitrogens with zero attached hydrogens (tertiary/aromatic N) is 2. The molecule has 4 aromatic rings. The van der Waals surface area contributed by atoms with E-state index in [1.807, 2.05) is 84.6 Å². The van der Waals surface area contributed by atoms with Crippen molar-refractivity contribution in [1.29, 1.82) is 0 Å². The average molecular weight is 561 g/mol. The third-order valence-corrected chi connectivity index (χ3v) is 8.08. The molecule has 1 aliphatic rings. The maximum absolute atomic E-state index is 14.2. The Hall–Kier alpha value is -4.71. The van der Waals surface area contributed by atoms with Crippen LogP contribution in [0.1, 0.15) is 57.2 Å². The minimum absolute atomic E-state index is 0.0682. The fourth-order valence-electron chi connectivity index (χ4n) is 5.72. The van der Waals surface area contributed by atoms with E-state index in [9.17, 15) is 19.5 Å². The summed E-state index contributed by atoms with van der Waals surface area (Å²) in [5, 5.41) is 9.44. The van der Waals surface area contributed by atoms with E-state index in [1.165, 1.54) is 11.1 Å². The maximum atomic E-state index is 14.2. The first-order valence-corrected chi connectivity index (χ1v) is 14.5. The van der Waals surface area contributed by atoms with Crippen LogP contribution in [0.5, 0.6) is 0 Å². The second-order valence-electron chi connectivity index (χ2n) is 10.9. The fourth-order valence-corrected chi connectivity index (χ4v) is 5.72. The van der Waals surface area contributed by atoms with Gasteiger partial charge in [-0.2, -0.15) is 0 Å². The van der Waals surface area contributed by atoms with Gasteiger partial charge in [0.25, 0.3) is 11.8 Å². The zero-order chi connectivity index (χ0) is 29.5. The lowest BCUT2D eigenvalue weighted by atomic mass is 9.92. The summed E-state index contributed by atoms with van der Waals surface area (Å²) in [6.45, 7) is 3.25. The van der Waals surface area contributed by atoms with Crippen molar-refractivity contribution >= 4 is 17.8 Å². The molecule has 0 saturated heterocycles. The third kappa shape index (κ3) is 6.60. The van der Waals surface area contributed by atoms with E-state index in [-0.39, 0.29) is 30.8 Å². The van der Waals surface area contributed by atoms with E-state index in [0.717, 1.165) is 18.4 Å². The quantitative estimate of drug-likeness (QED) is 0.241. The highest BCUT2D eigenvalue weighted by Gasteiger charge is 2.28. The average Bonchev–Trinajstić information content (AvgIpc) is 3.03. The Morgan fingerprint density at radius 3 is 2.10 bits per heavy atom. The normalized spacial score (nSPS) is 13.2. The Balaban J connectivity index is 1.44. The highest BCUT2D eigenvalue weighted by Crippen LogP contribution is 2.31. The van der Waals surface area contributed by atoms with Gasteiger partial charge in [0.15, 0.2) is 0 Å². The van der Waals surface area contributed by atoms with Crippen molar-refractivity contribution in [3.05, 3.63) is 131 Å². The fraction of sp³-hybridized carbons (Fsp3) is 0.250. The molecule has 1 aliphatic heterocycles. The highest BCUT2D eigenvalue weighted by atomic mass is 16.4. The van der Waals surface area contributed by atoms with E-state index in [4.69, 9.17) is 0 Å². The smallest absolute Gasteiger partial charge is 0.305 e. The predicted octanol–water partition coefficient (Wildman–Crippen LogP) is 6.49. The lowest BCUT2D eigenvalue weighted by Crippen LogP contribution is -2.40. The summed E-state index contributed by atoms with van der Waals surface area (Å²) in [4.78, 5) is 43.1. The van der Waals surface area contributed by atoms with Crippen LogP contribution in [0, 0.1) is 0 Å². The van der Waals surface area contributed by atoms with Crippen LogP contribution in [-0.4, -0.2) is 51.8 Å². The van der Waals surface area contributed by atoms with Gasteiger partial charge in [-0.3, -0.25) is 14.4 Å². The minimum Gasteiger partial charge on any atom is -0.481 e. The molecule has 0 bridgehead atoms. The van der Waals surface area contributed by atoms with Crippen LogP contribution in [0.2, 0.25) is 0 Å². The standard InChI is InChI=1S/C36H36N2O4/c1-26(19-20-27-11-3-2-4-12-27)38(24-22-34(39)40)36(42)33-18-10-8-16-31(33)30-15-7-9-17-32(30)35(41)37-23-21-28-13-5-6-14-29(28)25-37/h2-18,26H,19-25H2,1H3,(H,39,40). The molecule has 6 heteroatoms. The molecule has 5 rings (SSSR count). The molecule has 2 amide bonds. The van der Waals surface area contributed by atoms with Crippen molar-refractivity contribution in [2.24, 2.45) is 0 Å². The number of fused-ring (bicyclic) bond motifs is 1. The van der Waals surface area contributed by atoms with Crippen LogP contribution >= 0.6 is 0 Å². The Bertz CT molecular complexity index is 1570. The van der Waals surface area contributed by atoms with Crippen LogP contribution in [0.15, 0.2) is 103 Å². The summed E-state index contributed by atoms with van der Waals surface area (Å²) >= 11 is 0. The van der Waals surface area contributed by atoms with Crippen molar-refractivity contribution in [2.45, 2.75) is 45.2 Å². The molecule has 0 fully saturated rings. The number of carboxylic acid groups (broad SMARTS) is 1. The van der Waals surface area contributed by atoms with E-state index in [0.29, 0.717) is 41.8 Å². The molecule has 4 aromatic carbocycles. The van der Waals surface area contributed by atoms with Crippen LogP contribution in [0.3, 0.4) is 0 Å². The van der Waals surface area contributed by atoms with Crippen LogP contribution in [0.4, 0.5) is 0 Å². The van der Waals surface area contributed by atoms with Gasteiger partial charge in [0.1, 0.15) is 0 Å². The molecule has 6 nitrogen and oxygen atoms in total. The summed E-state index contributed by atoms with van der Waals surface area (Å²) < 4.78 is 0. The van der Waals surface area contributed by atoms with Gasteiger partial charge in [0.2, 0.25) is 0 Å².